The SMILES string of the molecule is O=[N+]([O-])c1cn2c(n1)OC(COc1ccc(N3CCC(COCc4cc5cc(Cl)ccc5o4)CC3)cc1)CC2. The molecule has 2 aliphatic heterocycles. The average molecular weight is 553 g/mol. The Morgan fingerprint density at radius 1 is 1.05 bits per heavy atom. The number of imidazole rings is 1. The third-order valence-electron chi connectivity index (χ3n) is 7.26. The molecule has 2 aromatic heterocycles. The molecule has 0 saturated carbocycles. The fourth-order valence-electron chi connectivity index (χ4n) is 5.10. The Morgan fingerprint density at radius 2 is 1.87 bits per heavy atom. The number of anilines is 1. The van der Waals surface area contributed by atoms with Crippen LogP contribution in [0.2, 0.25) is 5.02 Å². The minimum atomic E-state index is -0.515. The van der Waals surface area contributed by atoms with Gasteiger partial charge >= 0.3 is 11.8 Å². The van der Waals surface area contributed by atoms with E-state index in [1.165, 1.54) is 11.9 Å². The van der Waals surface area contributed by atoms with E-state index in [0.717, 1.165) is 55.0 Å². The molecule has 11 heteroatoms. The number of aromatic nitrogens is 2. The summed E-state index contributed by atoms with van der Waals surface area (Å²) in [6.45, 7) is 4.10. The van der Waals surface area contributed by atoms with Gasteiger partial charge in [-0.1, -0.05) is 11.6 Å². The van der Waals surface area contributed by atoms with Gasteiger partial charge in [0.2, 0.25) is 0 Å². The van der Waals surface area contributed by atoms with Crippen LogP contribution in [0.1, 0.15) is 25.0 Å². The van der Waals surface area contributed by atoms with Crippen molar-refractivity contribution < 1.29 is 23.6 Å². The molecule has 0 radical (unpaired) electrons. The van der Waals surface area contributed by atoms with Crippen LogP contribution in [-0.2, 0) is 17.9 Å². The molecule has 0 spiro atoms. The fraction of sp³-hybridized carbons (Fsp3) is 0.393. The van der Waals surface area contributed by atoms with Crippen LogP contribution >= 0.6 is 11.6 Å². The molecule has 1 unspecified atom stereocenters. The average Bonchev–Trinajstić information content (AvgIpc) is 3.56. The first-order valence-corrected chi connectivity index (χ1v) is 13.5. The smallest absolute Gasteiger partial charge is 0.414 e. The second kappa shape index (κ2) is 11.2. The van der Waals surface area contributed by atoms with Crippen molar-refractivity contribution in [1.82, 2.24) is 9.55 Å². The highest BCUT2D eigenvalue weighted by molar-refractivity contribution is 6.31. The lowest BCUT2D eigenvalue weighted by atomic mass is 9.97. The van der Waals surface area contributed by atoms with Gasteiger partial charge in [0.05, 0.1) is 6.61 Å². The molecule has 1 saturated heterocycles. The highest BCUT2D eigenvalue weighted by Crippen LogP contribution is 2.28. The number of rotatable bonds is 9. The Hall–Kier alpha value is -3.76. The van der Waals surface area contributed by atoms with Crippen LogP contribution in [0.4, 0.5) is 11.5 Å². The molecule has 39 heavy (non-hydrogen) atoms. The second-order valence-corrected chi connectivity index (χ2v) is 10.4. The van der Waals surface area contributed by atoms with E-state index in [4.69, 9.17) is 30.2 Å². The summed E-state index contributed by atoms with van der Waals surface area (Å²) in [5.74, 6) is 1.90. The molecule has 0 N–H and O–H groups in total. The molecule has 2 aromatic carbocycles. The fourth-order valence-corrected chi connectivity index (χ4v) is 5.28. The number of hydrogen-bond donors (Lipinski definition) is 0. The maximum Gasteiger partial charge on any atom is 0.414 e. The van der Waals surface area contributed by atoms with Crippen molar-refractivity contribution >= 4 is 34.1 Å². The molecule has 2 aliphatic rings. The minimum absolute atomic E-state index is 0.201. The molecule has 6 rings (SSSR count). The van der Waals surface area contributed by atoms with E-state index in [1.54, 1.807) is 4.57 Å². The molecule has 4 heterocycles. The predicted molar refractivity (Wildman–Crippen MR) is 146 cm³/mol. The number of benzene rings is 2. The Morgan fingerprint density at radius 3 is 2.67 bits per heavy atom. The van der Waals surface area contributed by atoms with Crippen molar-refractivity contribution in [3.05, 3.63) is 75.6 Å². The normalized spacial score (nSPS) is 17.7. The summed E-state index contributed by atoms with van der Waals surface area (Å²) in [7, 11) is 0. The number of halogens is 1. The van der Waals surface area contributed by atoms with Gasteiger partial charge in [-0.2, -0.15) is 0 Å². The van der Waals surface area contributed by atoms with Gasteiger partial charge in [0.1, 0.15) is 42.6 Å². The maximum atomic E-state index is 10.9. The van der Waals surface area contributed by atoms with Gasteiger partial charge in [0.25, 0.3) is 0 Å². The van der Waals surface area contributed by atoms with Crippen LogP contribution in [0, 0.1) is 16.0 Å². The van der Waals surface area contributed by atoms with Crippen molar-refractivity contribution in [1.29, 1.82) is 0 Å². The first kappa shape index (κ1) is 25.5. The lowest BCUT2D eigenvalue weighted by Crippen LogP contribution is -2.35. The Balaban J connectivity index is 0.924. The number of ether oxygens (including phenoxy) is 3. The Labute approximate surface area is 230 Å². The predicted octanol–water partition coefficient (Wildman–Crippen LogP) is 5.85. The third kappa shape index (κ3) is 5.97. The molecule has 1 atom stereocenters. The molecule has 0 aliphatic carbocycles. The summed E-state index contributed by atoms with van der Waals surface area (Å²) in [5.41, 5.74) is 2.00. The molecule has 0 amide bonds. The van der Waals surface area contributed by atoms with Gasteiger partial charge in [0, 0.05) is 47.1 Å². The van der Waals surface area contributed by atoms with Crippen LogP contribution in [0.5, 0.6) is 11.8 Å². The summed E-state index contributed by atoms with van der Waals surface area (Å²) in [6.07, 6.45) is 4.04. The van der Waals surface area contributed by atoms with Crippen LogP contribution in [-0.4, -0.2) is 46.9 Å². The number of piperidine rings is 1. The quantitative estimate of drug-likeness (QED) is 0.188. The molecule has 204 valence electrons. The van der Waals surface area contributed by atoms with Crippen LogP contribution in [0.25, 0.3) is 11.0 Å². The van der Waals surface area contributed by atoms with Crippen LogP contribution in [0.15, 0.2) is 59.1 Å². The van der Waals surface area contributed by atoms with E-state index in [9.17, 15) is 10.1 Å². The van der Waals surface area contributed by atoms with Gasteiger partial charge in [0.15, 0.2) is 0 Å². The summed E-state index contributed by atoms with van der Waals surface area (Å²) in [6, 6.07) is 16.0. The zero-order valence-corrected chi connectivity index (χ0v) is 22.1. The molecule has 10 nitrogen and oxygen atoms in total. The molecular formula is C28H29ClN4O6. The molecular weight excluding hydrogens is 524 g/mol. The van der Waals surface area contributed by atoms with E-state index in [-0.39, 0.29) is 17.9 Å². The van der Waals surface area contributed by atoms with Crippen molar-refractivity contribution in [3.8, 4) is 11.8 Å². The van der Waals surface area contributed by atoms with E-state index in [2.05, 4.69) is 22.0 Å². The van der Waals surface area contributed by atoms with E-state index < -0.39 is 4.92 Å². The summed E-state index contributed by atoms with van der Waals surface area (Å²) >= 11 is 6.06. The summed E-state index contributed by atoms with van der Waals surface area (Å²) < 4.78 is 25.2. The number of furan rings is 1. The minimum Gasteiger partial charge on any atom is -0.490 e. The van der Waals surface area contributed by atoms with Crippen molar-refractivity contribution in [2.45, 2.75) is 38.5 Å². The summed E-state index contributed by atoms with van der Waals surface area (Å²) in [4.78, 5) is 16.7. The second-order valence-electron chi connectivity index (χ2n) is 10.0. The maximum absolute atomic E-state index is 10.9. The zero-order valence-electron chi connectivity index (χ0n) is 21.3. The van der Waals surface area contributed by atoms with Gasteiger partial charge < -0.3 is 33.6 Å². The van der Waals surface area contributed by atoms with Gasteiger partial charge in [-0.25, -0.2) is 0 Å². The first-order valence-electron chi connectivity index (χ1n) is 13.1. The van der Waals surface area contributed by atoms with Crippen LogP contribution < -0.4 is 14.4 Å². The Bertz CT molecular complexity index is 1440. The number of nitro groups is 1. The van der Waals surface area contributed by atoms with Gasteiger partial charge in [-0.05, 0) is 72.2 Å². The largest absolute Gasteiger partial charge is 0.490 e. The molecule has 1 fully saturated rings. The van der Waals surface area contributed by atoms with Crippen molar-refractivity contribution in [2.24, 2.45) is 5.92 Å². The Kier molecular flexibility index (Phi) is 7.30. The van der Waals surface area contributed by atoms with Crippen molar-refractivity contribution in [3.63, 3.8) is 0 Å². The highest BCUT2D eigenvalue weighted by atomic mass is 35.5. The third-order valence-corrected chi connectivity index (χ3v) is 7.49. The van der Waals surface area contributed by atoms with E-state index in [1.807, 2.05) is 36.4 Å². The monoisotopic (exact) mass is 552 g/mol. The number of hydrogen-bond acceptors (Lipinski definition) is 8. The van der Waals surface area contributed by atoms with Gasteiger partial charge in [-0.15, -0.1) is 0 Å². The van der Waals surface area contributed by atoms with E-state index in [0.29, 0.717) is 37.1 Å². The number of aryl methyl sites for hydroxylation is 1. The first-order chi connectivity index (χ1) is 19.0. The number of fused-ring (bicyclic) bond motifs is 2. The van der Waals surface area contributed by atoms with Crippen LogP contribution in [0.3, 0.4) is 0 Å². The lowest BCUT2D eigenvalue weighted by molar-refractivity contribution is -0.389. The number of nitrogens with zero attached hydrogens (tertiary/aromatic N) is 4. The molecule has 0 bridgehead atoms. The van der Waals surface area contributed by atoms with Gasteiger partial charge in [-0.3, -0.25) is 4.57 Å². The molecule has 4 aromatic rings. The standard InChI is InChI=1S/C28H29ClN4O6/c29-21-1-6-26-20(13-21)14-25(38-26)17-36-16-19-7-10-31(11-8-19)22-2-4-23(5-3-22)37-18-24-9-12-32-15-27(33(34)35)30-28(32)39-24/h1-6,13-15,19,24H,7-12,16-18H2. The highest BCUT2D eigenvalue weighted by Gasteiger charge is 2.28. The van der Waals surface area contributed by atoms with Crippen molar-refractivity contribution in [2.75, 3.05) is 31.2 Å². The lowest BCUT2D eigenvalue weighted by Gasteiger charge is -2.33. The summed E-state index contributed by atoms with van der Waals surface area (Å²) in [5, 5.41) is 12.6. The van der Waals surface area contributed by atoms with E-state index >= 15 is 0 Å². The topological polar surface area (TPSA) is 105 Å². The zero-order chi connectivity index (χ0) is 26.8.